The molecule has 24 heavy (non-hydrogen) atoms. The normalized spacial score (nSPS) is 11.3. The summed E-state index contributed by atoms with van der Waals surface area (Å²) in [5, 5.41) is 9.73. The third-order valence-corrected chi connectivity index (χ3v) is 3.22. The standard InChI is InChI=1S/C17H22N2O5/c1-17(2,3)24-16(22)19(4)7-8-23-12-5-6-13-11(9-12)10-14(18-13)15(20)21/h5-6,9-10,18H,7-8H2,1-4H3,(H,20,21). The molecule has 2 aromatic rings. The number of aromatic amines is 1. The van der Waals surface area contributed by atoms with E-state index in [-0.39, 0.29) is 5.69 Å². The van der Waals surface area contributed by atoms with Gasteiger partial charge in [-0.3, -0.25) is 0 Å². The van der Waals surface area contributed by atoms with Gasteiger partial charge < -0.3 is 24.5 Å². The molecular formula is C17H22N2O5. The number of amides is 1. The first-order valence-electron chi connectivity index (χ1n) is 7.59. The summed E-state index contributed by atoms with van der Waals surface area (Å²) in [5.41, 5.74) is 0.324. The number of aromatic nitrogens is 1. The molecule has 0 spiro atoms. The van der Waals surface area contributed by atoms with E-state index in [1.807, 2.05) is 20.8 Å². The third kappa shape index (κ3) is 4.65. The minimum Gasteiger partial charge on any atom is -0.492 e. The highest BCUT2D eigenvalue weighted by Crippen LogP contribution is 2.21. The first-order valence-corrected chi connectivity index (χ1v) is 7.59. The van der Waals surface area contributed by atoms with Crippen LogP contribution in [0.4, 0.5) is 4.79 Å². The lowest BCUT2D eigenvalue weighted by Crippen LogP contribution is -2.36. The highest BCUT2D eigenvalue weighted by Gasteiger charge is 2.19. The summed E-state index contributed by atoms with van der Waals surface area (Å²) in [4.78, 5) is 27.0. The molecule has 0 fully saturated rings. The van der Waals surface area contributed by atoms with Crippen molar-refractivity contribution in [1.82, 2.24) is 9.88 Å². The summed E-state index contributed by atoms with van der Waals surface area (Å²) in [5.74, 6) is -0.399. The second-order valence-electron chi connectivity index (χ2n) is 6.49. The second-order valence-corrected chi connectivity index (χ2v) is 6.49. The number of hydrogen-bond acceptors (Lipinski definition) is 4. The fourth-order valence-corrected chi connectivity index (χ4v) is 2.05. The smallest absolute Gasteiger partial charge is 0.410 e. The van der Waals surface area contributed by atoms with Crippen LogP contribution < -0.4 is 4.74 Å². The number of benzene rings is 1. The van der Waals surface area contributed by atoms with Crippen LogP contribution in [0.5, 0.6) is 5.75 Å². The summed E-state index contributed by atoms with van der Waals surface area (Å²) >= 11 is 0. The molecular weight excluding hydrogens is 312 g/mol. The number of carbonyl (C=O) groups is 2. The van der Waals surface area contributed by atoms with Gasteiger partial charge in [-0.15, -0.1) is 0 Å². The van der Waals surface area contributed by atoms with E-state index in [2.05, 4.69) is 4.98 Å². The maximum atomic E-state index is 11.8. The highest BCUT2D eigenvalue weighted by molar-refractivity contribution is 5.94. The van der Waals surface area contributed by atoms with Crippen molar-refractivity contribution in [2.24, 2.45) is 0 Å². The van der Waals surface area contributed by atoms with E-state index in [9.17, 15) is 9.59 Å². The SMILES string of the molecule is CN(CCOc1ccc2[nH]c(C(=O)O)cc2c1)C(=O)OC(C)(C)C. The van der Waals surface area contributed by atoms with E-state index >= 15 is 0 Å². The number of H-pyrrole nitrogens is 1. The summed E-state index contributed by atoms with van der Waals surface area (Å²) in [6.07, 6.45) is -0.404. The van der Waals surface area contributed by atoms with Crippen LogP contribution in [0.25, 0.3) is 10.9 Å². The number of rotatable bonds is 5. The van der Waals surface area contributed by atoms with Gasteiger partial charge in [0.15, 0.2) is 0 Å². The van der Waals surface area contributed by atoms with Crippen molar-refractivity contribution in [2.75, 3.05) is 20.2 Å². The number of carboxylic acid groups (broad SMARTS) is 1. The van der Waals surface area contributed by atoms with E-state index in [0.29, 0.717) is 18.9 Å². The molecule has 1 heterocycles. The molecule has 130 valence electrons. The van der Waals surface area contributed by atoms with E-state index in [1.165, 1.54) is 4.90 Å². The summed E-state index contributed by atoms with van der Waals surface area (Å²) in [6, 6.07) is 6.82. The zero-order chi connectivity index (χ0) is 17.9. The second kappa shape index (κ2) is 6.82. The quantitative estimate of drug-likeness (QED) is 0.876. The average molecular weight is 334 g/mol. The maximum absolute atomic E-state index is 11.8. The van der Waals surface area contributed by atoms with Gasteiger partial charge in [-0.1, -0.05) is 0 Å². The van der Waals surface area contributed by atoms with Gasteiger partial charge in [0.05, 0.1) is 6.54 Å². The lowest BCUT2D eigenvalue weighted by Gasteiger charge is -2.24. The van der Waals surface area contributed by atoms with Crippen molar-refractivity contribution >= 4 is 23.0 Å². The number of aromatic carboxylic acids is 1. The number of hydrogen-bond donors (Lipinski definition) is 2. The molecule has 7 heteroatoms. The van der Waals surface area contributed by atoms with Crippen molar-refractivity contribution in [1.29, 1.82) is 0 Å². The Bertz CT molecular complexity index is 745. The van der Waals surface area contributed by atoms with Crippen LogP contribution >= 0.6 is 0 Å². The van der Waals surface area contributed by atoms with Crippen molar-refractivity contribution in [2.45, 2.75) is 26.4 Å². The van der Waals surface area contributed by atoms with E-state index in [4.69, 9.17) is 14.6 Å². The Hall–Kier alpha value is -2.70. The molecule has 0 aliphatic carbocycles. The van der Waals surface area contributed by atoms with E-state index in [1.54, 1.807) is 31.3 Å². The molecule has 0 unspecified atom stereocenters. The fourth-order valence-electron chi connectivity index (χ4n) is 2.05. The Morgan fingerprint density at radius 1 is 1.25 bits per heavy atom. The Morgan fingerprint density at radius 2 is 1.96 bits per heavy atom. The molecule has 1 aromatic carbocycles. The van der Waals surface area contributed by atoms with Crippen LogP contribution in [0.15, 0.2) is 24.3 Å². The lowest BCUT2D eigenvalue weighted by atomic mass is 10.2. The predicted molar refractivity (Wildman–Crippen MR) is 89.6 cm³/mol. The summed E-state index contributed by atoms with van der Waals surface area (Å²) in [7, 11) is 1.64. The molecule has 1 aromatic heterocycles. The molecule has 0 aliphatic rings. The van der Waals surface area contributed by atoms with Gasteiger partial charge in [-0.2, -0.15) is 0 Å². The van der Waals surface area contributed by atoms with Crippen LogP contribution in [0, 0.1) is 0 Å². The van der Waals surface area contributed by atoms with Crippen molar-refractivity contribution in [3.63, 3.8) is 0 Å². The zero-order valence-corrected chi connectivity index (χ0v) is 14.3. The molecule has 0 saturated carbocycles. The molecule has 0 atom stereocenters. The molecule has 0 bridgehead atoms. The first kappa shape index (κ1) is 17.7. The maximum Gasteiger partial charge on any atom is 0.410 e. The number of carbonyl (C=O) groups excluding carboxylic acids is 1. The molecule has 0 saturated heterocycles. The highest BCUT2D eigenvalue weighted by atomic mass is 16.6. The van der Waals surface area contributed by atoms with Crippen molar-refractivity contribution in [3.05, 3.63) is 30.0 Å². The number of nitrogens with one attached hydrogen (secondary N) is 1. The Morgan fingerprint density at radius 3 is 2.58 bits per heavy atom. The Kier molecular flexibility index (Phi) is 5.02. The Balaban J connectivity index is 1.91. The fraction of sp³-hybridized carbons (Fsp3) is 0.412. The number of ether oxygens (including phenoxy) is 2. The van der Waals surface area contributed by atoms with Gasteiger partial charge in [-0.05, 0) is 45.0 Å². The largest absolute Gasteiger partial charge is 0.492 e. The van der Waals surface area contributed by atoms with Crippen LogP contribution in [0.1, 0.15) is 31.3 Å². The van der Waals surface area contributed by atoms with Gasteiger partial charge >= 0.3 is 12.1 Å². The van der Waals surface area contributed by atoms with Crippen LogP contribution in [0.2, 0.25) is 0 Å². The predicted octanol–water partition coefficient (Wildman–Crippen LogP) is 3.11. The van der Waals surface area contributed by atoms with Crippen LogP contribution in [0.3, 0.4) is 0 Å². The molecule has 0 radical (unpaired) electrons. The van der Waals surface area contributed by atoms with Crippen molar-refractivity contribution in [3.8, 4) is 5.75 Å². The van der Waals surface area contributed by atoms with E-state index in [0.717, 1.165) is 10.9 Å². The van der Waals surface area contributed by atoms with Gasteiger partial charge in [0.25, 0.3) is 0 Å². The molecule has 2 rings (SSSR count). The summed E-state index contributed by atoms with van der Waals surface area (Å²) < 4.78 is 10.9. The van der Waals surface area contributed by atoms with Crippen molar-refractivity contribution < 1.29 is 24.2 Å². The molecule has 1 amide bonds. The van der Waals surface area contributed by atoms with Crippen LogP contribution in [-0.2, 0) is 4.74 Å². The van der Waals surface area contributed by atoms with Gasteiger partial charge in [0.2, 0.25) is 0 Å². The van der Waals surface area contributed by atoms with Gasteiger partial charge in [-0.25, -0.2) is 9.59 Å². The third-order valence-electron chi connectivity index (χ3n) is 3.22. The zero-order valence-electron chi connectivity index (χ0n) is 14.3. The van der Waals surface area contributed by atoms with E-state index < -0.39 is 17.7 Å². The monoisotopic (exact) mass is 334 g/mol. The molecule has 0 aliphatic heterocycles. The number of carboxylic acids is 1. The lowest BCUT2D eigenvalue weighted by molar-refractivity contribution is 0.0278. The minimum absolute atomic E-state index is 0.131. The molecule has 7 nitrogen and oxygen atoms in total. The number of fused-ring (bicyclic) bond motifs is 1. The topological polar surface area (TPSA) is 91.9 Å². The van der Waals surface area contributed by atoms with Gasteiger partial charge in [0, 0.05) is 18.0 Å². The van der Waals surface area contributed by atoms with Crippen LogP contribution in [-0.4, -0.2) is 52.9 Å². The first-order chi connectivity index (χ1) is 11.2. The average Bonchev–Trinajstić information content (AvgIpc) is 2.88. The molecule has 2 N–H and O–H groups in total. The van der Waals surface area contributed by atoms with Gasteiger partial charge in [0.1, 0.15) is 23.7 Å². The Labute approximate surface area is 140 Å². The number of nitrogens with zero attached hydrogens (tertiary/aromatic N) is 1. The minimum atomic E-state index is -1.01. The number of likely N-dealkylation sites (N-methyl/N-ethyl adjacent to an activating group) is 1. The summed E-state index contributed by atoms with van der Waals surface area (Å²) in [6.45, 7) is 6.12.